The molecule has 1 N–H and O–H groups in total. The summed E-state index contributed by atoms with van der Waals surface area (Å²) in [6.45, 7) is 8.77. The van der Waals surface area contributed by atoms with E-state index < -0.39 is 6.10 Å². The Kier molecular flexibility index (Phi) is 3.01. The lowest BCUT2D eigenvalue weighted by atomic mass is 9.99. The predicted molar refractivity (Wildman–Crippen MR) is 72.5 cm³/mol. The van der Waals surface area contributed by atoms with E-state index in [0.717, 1.165) is 5.56 Å². The molecule has 0 aliphatic heterocycles. The molecule has 3 heteroatoms. The van der Waals surface area contributed by atoms with Crippen molar-refractivity contribution in [2.75, 3.05) is 0 Å². The third-order valence-electron chi connectivity index (χ3n) is 4.73. The fourth-order valence-corrected chi connectivity index (χ4v) is 3.23. The Balaban J connectivity index is 2.28. The number of hydrogen-bond donors (Lipinski definition) is 1. The summed E-state index contributed by atoms with van der Waals surface area (Å²) in [5, 5.41) is 11.5. The first-order chi connectivity index (χ1) is 7.69. The second-order valence-electron chi connectivity index (χ2n) is 6.04. The van der Waals surface area contributed by atoms with Gasteiger partial charge >= 0.3 is 0 Å². The van der Waals surface area contributed by atoms with Crippen molar-refractivity contribution in [3.8, 4) is 0 Å². The molecule has 1 fully saturated rings. The van der Waals surface area contributed by atoms with Crippen LogP contribution in [0.25, 0.3) is 0 Å². The molecular weight excluding hydrogens is 255 g/mol. The van der Waals surface area contributed by atoms with Gasteiger partial charge in [-0.1, -0.05) is 57.0 Å². The molecule has 0 aromatic heterocycles. The summed E-state index contributed by atoms with van der Waals surface area (Å²) < 4.78 is 0. The van der Waals surface area contributed by atoms with Crippen LogP contribution in [-0.4, -0.2) is 5.11 Å². The second-order valence-corrected chi connectivity index (χ2v) is 6.85. The van der Waals surface area contributed by atoms with E-state index in [2.05, 4.69) is 27.7 Å². The Morgan fingerprint density at radius 3 is 2.00 bits per heavy atom. The molecular formula is C14H18Cl2O. The number of halogens is 2. The molecule has 0 radical (unpaired) electrons. The first kappa shape index (κ1) is 13.2. The minimum absolute atomic E-state index is 0.151. The van der Waals surface area contributed by atoms with Crippen LogP contribution in [-0.2, 0) is 0 Å². The first-order valence-corrected chi connectivity index (χ1v) is 6.58. The van der Waals surface area contributed by atoms with E-state index in [0.29, 0.717) is 10.0 Å². The number of aliphatic hydroxyl groups excluding tert-OH is 1. The molecule has 1 aliphatic carbocycles. The highest BCUT2D eigenvalue weighted by Gasteiger charge is 2.67. The van der Waals surface area contributed by atoms with E-state index in [1.165, 1.54) is 0 Å². The molecule has 0 bridgehead atoms. The van der Waals surface area contributed by atoms with Gasteiger partial charge in [-0.05, 0) is 28.5 Å². The largest absolute Gasteiger partial charge is 0.388 e. The Labute approximate surface area is 113 Å². The second kappa shape index (κ2) is 3.88. The lowest BCUT2D eigenvalue weighted by Crippen LogP contribution is -2.05. The highest BCUT2D eigenvalue weighted by Crippen LogP contribution is 2.72. The monoisotopic (exact) mass is 272 g/mol. The third kappa shape index (κ3) is 1.89. The smallest absolute Gasteiger partial charge is 0.0829 e. The average Bonchev–Trinajstić information content (AvgIpc) is 2.61. The van der Waals surface area contributed by atoms with Gasteiger partial charge in [-0.3, -0.25) is 0 Å². The van der Waals surface area contributed by atoms with Crippen molar-refractivity contribution in [2.24, 2.45) is 16.7 Å². The van der Waals surface area contributed by atoms with Crippen LogP contribution in [0.5, 0.6) is 0 Å². The zero-order valence-electron chi connectivity index (χ0n) is 10.6. The van der Waals surface area contributed by atoms with Crippen LogP contribution >= 0.6 is 23.2 Å². The maximum Gasteiger partial charge on any atom is 0.0829 e. The van der Waals surface area contributed by atoms with E-state index in [4.69, 9.17) is 23.2 Å². The molecule has 1 unspecified atom stereocenters. The lowest BCUT2D eigenvalue weighted by Gasteiger charge is -2.14. The molecule has 1 aromatic rings. The molecule has 0 amide bonds. The van der Waals surface area contributed by atoms with Gasteiger partial charge in [0.05, 0.1) is 16.1 Å². The number of rotatable bonds is 2. The fourth-order valence-electron chi connectivity index (χ4n) is 2.93. The zero-order chi connectivity index (χ0) is 13.0. The maximum absolute atomic E-state index is 10.4. The van der Waals surface area contributed by atoms with E-state index in [-0.39, 0.29) is 16.7 Å². The molecule has 0 spiro atoms. The van der Waals surface area contributed by atoms with Crippen molar-refractivity contribution in [3.63, 3.8) is 0 Å². The van der Waals surface area contributed by atoms with Crippen molar-refractivity contribution in [2.45, 2.75) is 33.8 Å². The molecule has 1 aliphatic rings. The maximum atomic E-state index is 10.4. The Bertz CT molecular complexity index is 438. The summed E-state index contributed by atoms with van der Waals surface area (Å²) in [6.07, 6.45) is -0.477. The topological polar surface area (TPSA) is 20.2 Å². The summed E-state index contributed by atoms with van der Waals surface area (Å²) in [7, 11) is 0. The predicted octanol–water partition coefficient (Wildman–Crippen LogP) is 4.71. The Hall–Kier alpha value is -0.240. The number of hydrogen-bond acceptors (Lipinski definition) is 1. The van der Waals surface area contributed by atoms with Crippen LogP contribution in [0.1, 0.15) is 39.4 Å². The van der Waals surface area contributed by atoms with Gasteiger partial charge in [-0.25, -0.2) is 0 Å². The molecule has 1 atom stereocenters. The number of benzene rings is 1. The summed E-state index contributed by atoms with van der Waals surface area (Å²) >= 11 is 11.9. The molecule has 0 saturated heterocycles. The van der Waals surface area contributed by atoms with Gasteiger partial charge in [0.15, 0.2) is 0 Å². The lowest BCUT2D eigenvalue weighted by molar-refractivity contribution is 0.131. The van der Waals surface area contributed by atoms with Gasteiger partial charge in [0.1, 0.15) is 0 Å². The van der Waals surface area contributed by atoms with Crippen molar-refractivity contribution in [1.82, 2.24) is 0 Å². The van der Waals surface area contributed by atoms with Crippen molar-refractivity contribution in [3.05, 3.63) is 33.8 Å². The molecule has 94 valence electrons. The number of aliphatic hydroxyl groups is 1. The van der Waals surface area contributed by atoms with Crippen LogP contribution in [0, 0.1) is 16.7 Å². The van der Waals surface area contributed by atoms with Crippen LogP contribution in [0.2, 0.25) is 10.0 Å². The van der Waals surface area contributed by atoms with Crippen LogP contribution in [0.4, 0.5) is 0 Å². The highest BCUT2D eigenvalue weighted by atomic mass is 35.5. The fraction of sp³-hybridized carbons (Fsp3) is 0.571. The van der Waals surface area contributed by atoms with E-state index >= 15 is 0 Å². The standard InChI is InChI=1S/C14H18Cl2O/c1-13(2)12(14(13,3)4)11(17)8-5-6-9(15)10(16)7-8/h5-7,11-12,17H,1-4H3. The van der Waals surface area contributed by atoms with Crippen LogP contribution in [0.15, 0.2) is 18.2 Å². The first-order valence-electron chi connectivity index (χ1n) is 5.82. The third-order valence-corrected chi connectivity index (χ3v) is 5.47. The molecule has 2 rings (SSSR count). The Morgan fingerprint density at radius 1 is 1.06 bits per heavy atom. The summed E-state index contributed by atoms with van der Waals surface area (Å²) in [5.74, 6) is 0.257. The van der Waals surface area contributed by atoms with Gasteiger partial charge in [0.25, 0.3) is 0 Å². The van der Waals surface area contributed by atoms with E-state index in [1.807, 2.05) is 6.07 Å². The van der Waals surface area contributed by atoms with Gasteiger partial charge in [-0.2, -0.15) is 0 Å². The van der Waals surface area contributed by atoms with E-state index in [1.54, 1.807) is 12.1 Å². The minimum atomic E-state index is -0.477. The van der Waals surface area contributed by atoms with Crippen molar-refractivity contribution < 1.29 is 5.11 Å². The van der Waals surface area contributed by atoms with E-state index in [9.17, 15) is 5.11 Å². The molecule has 1 aromatic carbocycles. The minimum Gasteiger partial charge on any atom is -0.388 e. The molecule has 0 heterocycles. The summed E-state index contributed by atoms with van der Waals surface area (Å²) in [6, 6.07) is 5.35. The van der Waals surface area contributed by atoms with Gasteiger partial charge in [0.2, 0.25) is 0 Å². The average molecular weight is 273 g/mol. The van der Waals surface area contributed by atoms with Crippen molar-refractivity contribution >= 4 is 23.2 Å². The van der Waals surface area contributed by atoms with Crippen molar-refractivity contribution in [1.29, 1.82) is 0 Å². The normalized spacial score (nSPS) is 23.5. The SMILES string of the molecule is CC1(C)C(C(O)c2ccc(Cl)c(Cl)c2)C1(C)C. The summed E-state index contributed by atoms with van der Waals surface area (Å²) in [5.41, 5.74) is 1.15. The van der Waals surface area contributed by atoms with Crippen LogP contribution in [0.3, 0.4) is 0 Å². The Morgan fingerprint density at radius 2 is 1.59 bits per heavy atom. The van der Waals surface area contributed by atoms with Gasteiger partial charge in [-0.15, -0.1) is 0 Å². The molecule has 1 saturated carbocycles. The van der Waals surface area contributed by atoms with Gasteiger partial charge < -0.3 is 5.11 Å². The van der Waals surface area contributed by atoms with Crippen LogP contribution < -0.4 is 0 Å². The van der Waals surface area contributed by atoms with Gasteiger partial charge in [0, 0.05) is 5.92 Å². The molecule has 1 nitrogen and oxygen atoms in total. The summed E-state index contributed by atoms with van der Waals surface area (Å²) in [4.78, 5) is 0. The molecule has 17 heavy (non-hydrogen) atoms. The highest BCUT2D eigenvalue weighted by molar-refractivity contribution is 6.42. The zero-order valence-corrected chi connectivity index (χ0v) is 12.1. The quantitative estimate of drug-likeness (QED) is 0.827.